The van der Waals surface area contributed by atoms with E-state index in [2.05, 4.69) is 41.5 Å². The maximum Gasteiger partial charge on any atom is 0.265 e. The molecule has 10 heteroatoms. The van der Waals surface area contributed by atoms with Crippen LogP contribution in [0.15, 0.2) is 29.3 Å². The van der Waals surface area contributed by atoms with Crippen molar-refractivity contribution in [2.75, 3.05) is 31.1 Å². The molecule has 0 spiro atoms. The molecule has 1 aromatic carbocycles. The molecule has 0 saturated heterocycles. The molecule has 0 bridgehead atoms. The molecule has 33 heavy (non-hydrogen) atoms. The van der Waals surface area contributed by atoms with E-state index in [1.54, 1.807) is 4.90 Å². The summed E-state index contributed by atoms with van der Waals surface area (Å²) < 4.78 is 7.55. The van der Waals surface area contributed by atoms with Gasteiger partial charge in [0.1, 0.15) is 11.6 Å². The Morgan fingerprint density at radius 1 is 1.33 bits per heavy atom. The Morgan fingerprint density at radius 3 is 2.94 bits per heavy atom. The highest BCUT2D eigenvalue weighted by molar-refractivity contribution is 14.0. The smallest absolute Gasteiger partial charge is 0.265 e. The first-order chi connectivity index (χ1) is 15.5. The van der Waals surface area contributed by atoms with Gasteiger partial charge in [0.05, 0.1) is 12.2 Å². The fraction of sp³-hybridized carbons (Fsp3) is 0.565. The number of carbonyl (C=O) groups is 1. The van der Waals surface area contributed by atoms with Gasteiger partial charge in [-0.1, -0.05) is 26.0 Å². The van der Waals surface area contributed by atoms with Crippen molar-refractivity contribution in [3.05, 3.63) is 35.9 Å². The zero-order chi connectivity index (χ0) is 22.5. The van der Waals surface area contributed by atoms with Gasteiger partial charge in [0.2, 0.25) is 0 Å². The number of aromatic nitrogens is 3. The van der Waals surface area contributed by atoms with Crippen LogP contribution in [0.4, 0.5) is 5.69 Å². The molecular formula is C23H34IN7O2. The Bertz CT molecular complexity index is 975. The van der Waals surface area contributed by atoms with Gasteiger partial charge in [-0.15, -0.1) is 24.0 Å². The molecule has 0 saturated carbocycles. The van der Waals surface area contributed by atoms with Crippen LogP contribution in [-0.4, -0.2) is 58.9 Å². The molecule has 0 radical (unpaired) electrons. The number of para-hydroxylation sites is 2. The lowest BCUT2D eigenvalue weighted by Gasteiger charge is -2.29. The summed E-state index contributed by atoms with van der Waals surface area (Å²) in [6.07, 6.45) is 2.68. The van der Waals surface area contributed by atoms with Crippen LogP contribution in [0, 0.1) is 0 Å². The fourth-order valence-electron chi connectivity index (χ4n) is 4.02. The summed E-state index contributed by atoms with van der Waals surface area (Å²) in [6.45, 7) is 9.22. The van der Waals surface area contributed by atoms with Gasteiger partial charge in [-0.3, -0.25) is 9.79 Å². The maximum atomic E-state index is 12.3. The molecule has 0 aliphatic carbocycles. The average molecular weight is 567 g/mol. The topological polar surface area (TPSA) is 96.7 Å². The summed E-state index contributed by atoms with van der Waals surface area (Å²) >= 11 is 0. The molecule has 180 valence electrons. The summed E-state index contributed by atoms with van der Waals surface area (Å²) in [5, 5.41) is 11.5. The largest absolute Gasteiger partial charge is 0.482 e. The van der Waals surface area contributed by atoms with Gasteiger partial charge < -0.3 is 20.3 Å². The van der Waals surface area contributed by atoms with Crippen LogP contribution >= 0.6 is 24.0 Å². The summed E-state index contributed by atoms with van der Waals surface area (Å²) in [5.74, 6) is 3.88. The van der Waals surface area contributed by atoms with Crippen LogP contribution in [-0.2, 0) is 17.8 Å². The first kappa shape index (κ1) is 25.3. The molecule has 2 aromatic rings. The van der Waals surface area contributed by atoms with E-state index in [4.69, 9.17) is 9.73 Å². The van der Waals surface area contributed by atoms with Crippen LogP contribution < -0.4 is 20.3 Å². The number of amides is 1. The van der Waals surface area contributed by atoms with E-state index < -0.39 is 0 Å². The van der Waals surface area contributed by atoms with E-state index in [0.29, 0.717) is 19.0 Å². The van der Waals surface area contributed by atoms with Crippen LogP contribution in [0.1, 0.15) is 51.2 Å². The van der Waals surface area contributed by atoms with Crippen molar-refractivity contribution >= 4 is 41.5 Å². The SMILES string of the molecule is CCNC(=NCCCN1C(=O)COc2ccccc21)NC1CCc2nc(C(C)C)nn2C1.I. The Balaban J connectivity index is 0.00000306. The van der Waals surface area contributed by atoms with Crippen molar-refractivity contribution in [1.29, 1.82) is 0 Å². The van der Waals surface area contributed by atoms with Crippen LogP contribution in [0.2, 0.25) is 0 Å². The number of nitrogens with zero attached hydrogens (tertiary/aromatic N) is 5. The number of ether oxygens (including phenoxy) is 1. The molecule has 2 aliphatic rings. The number of guanidine groups is 1. The number of carbonyl (C=O) groups excluding carboxylic acids is 1. The standard InChI is InChI=1S/C23H33N7O2.HI/c1-4-24-23(26-17-10-11-20-27-22(16(2)3)28-30(20)14-17)25-12-7-13-29-18-8-5-6-9-19(18)32-15-21(29)31;/h5-6,8-9,16-17H,4,7,10-15H2,1-3H3,(H2,24,25,26);1H. The number of halogens is 1. The van der Waals surface area contributed by atoms with Crippen molar-refractivity contribution in [2.24, 2.45) is 4.99 Å². The number of benzene rings is 1. The number of fused-ring (bicyclic) bond motifs is 2. The fourth-order valence-corrected chi connectivity index (χ4v) is 4.02. The lowest BCUT2D eigenvalue weighted by molar-refractivity contribution is -0.121. The van der Waals surface area contributed by atoms with Gasteiger partial charge in [-0.2, -0.15) is 5.10 Å². The van der Waals surface area contributed by atoms with Crippen molar-refractivity contribution in [3.8, 4) is 5.75 Å². The predicted molar refractivity (Wildman–Crippen MR) is 140 cm³/mol. The second-order valence-electron chi connectivity index (χ2n) is 8.52. The van der Waals surface area contributed by atoms with E-state index in [0.717, 1.165) is 61.4 Å². The number of rotatable bonds is 7. The van der Waals surface area contributed by atoms with Crippen LogP contribution in [0.25, 0.3) is 0 Å². The van der Waals surface area contributed by atoms with Gasteiger partial charge in [0.15, 0.2) is 18.4 Å². The lowest BCUT2D eigenvalue weighted by atomic mass is 10.1. The van der Waals surface area contributed by atoms with Gasteiger partial charge in [-0.05, 0) is 31.9 Å². The zero-order valence-corrected chi connectivity index (χ0v) is 21.9. The Labute approximate surface area is 212 Å². The third kappa shape index (κ3) is 6.15. The first-order valence-electron chi connectivity index (χ1n) is 11.6. The van der Waals surface area contributed by atoms with Crippen molar-refractivity contribution in [1.82, 2.24) is 25.4 Å². The van der Waals surface area contributed by atoms with Crippen LogP contribution in [0.5, 0.6) is 5.75 Å². The molecule has 9 nitrogen and oxygen atoms in total. The quantitative estimate of drug-likeness (QED) is 0.231. The molecule has 1 unspecified atom stereocenters. The minimum atomic E-state index is -0.00989. The summed E-state index contributed by atoms with van der Waals surface area (Å²) in [4.78, 5) is 23.5. The number of hydrogen-bond donors (Lipinski definition) is 2. The van der Waals surface area contributed by atoms with Gasteiger partial charge >= 0.3 is 0 Å². The Kier molecular flexibility index (Phi) is 8.93. The maximum absolute atomic E-state index is 12.3. The molecule has 1 aromatic heterocycles. The summed E-state index contributed by atoms with van der Waals surface area (Å²) in [5.41, 5.74) is 0.837. The molecule has 1 atom stereocenters. The monoisotopic (exact) mass is 567 g/mol. The lowest BCUT2D eigenvalue weighted by Crippen LogP contribution is -2.47. The first-order valence-corrected chi connectivity index (χ1v) is 11.6. The minimum Gasteiger partial charge on any atom is -0.482 e. The molecule has 1 amide bonds. The highest BCUT2D eigenvalue weighted by Gasteiger charge is 2.25. The predicted octanol–water partition coefficient (Wildman–Crippen LogP) is 2.71. The zero-order valence-electron chi connectivity index (χ0n) is 19.6. The number of anilines is 1. The van der Waals surface area contributed by atoms with E-state index in [9.17, 15) is 4.79 Å². The van der Waals surface area contributed by atoms with Crippen molar-refractivity contribution in [3.63, 3.8) is 0 Å². The van der Waals surface area contributed by atoms with E-state index in [1.807, 2.05) is 28.9 Å². The van der Waals surface area contributed by atoms with Gasteiger partial charge in [-0.25, -0.2) is 9.67 Å². The van der Waals surface area contributed by atoms with Crippen molar-refractivity contribution < 1.29 is 9.53 Å². The third-order valence-corrected chi connectivity index (χ3v) is 5.69. The second kappa shape index (κ2) is 11.7. The van der Waals surface area contributed by atoms with E-state index >= 15 is 0 Å². The number of aliphatic imine (C=N–C) groups is 1. The Morgan fingerprint density at radius 2 is 2.15 bits per heavy atom. The van der Waals surface area contributed by atoms with Gasteiger partial charge in [0, 0.05) is 38.0 Å². The van der Waals surface area contributed by atoms with Crippen LogP contribution in [0.3, 0.4) is 0 Å². The minimum absolute atomic E-state index is 0. The van der Waals surface area contributed by atoms with Crippen molar-refractivity contribution in [2.45, 2.75) is 58.5 Å². The molecule has 3 heterocycles. The number of aryl methyl sites for hydroxylation is 1. The molecule has 4 rings (SSSR count). The average Bonchev–Trinajstić information content (AvgIpc) is 3.22. The van der Waals surface area contributed by atoms with Gasteiger partial charge in [0.25, 0.3) is 5.91 Å². The summed E-state index contributed by atoms with van der Waals surface area (Å²) in [6, 6.07) is 7.92. The molecule has 0 fully saturated rings. The normalized spacial score (nSPS) is 17.7. The number of nitrogens with one attached hydrogen (secondary N) is 2. The van der Waals surface area contributed by atoms with E-state index in [-0.39, 0.29) is 42.5 Å². The highest BCUT2D eigenvalue weighted by Crippen LogP contribution is 2.31. The number of hydrogen-bond acceptors (Lipinski definition) is 5. The molecule has 2 N–H and O–H groups in total. The third-order valence-electron chi connectivity index (χ3n) is 5.69. The second-order valence-corrected chi connectivity index (χ2v) is 8.52. The molecule has 2 aliphatic heterocycles. The highest BCUT2D eigenvalue weighted by atomic mass is 127. The summed E-state index contributed by atoms with van der Waals surface area (Å²) in [7, 11) is 0. The van der Waals surface area contributed by atoms with E-state index in [1.165, 1.54) is 0 Å². The molecular weight excluding hydrogens is 533 g/mol. The Hall–Kier alpha value is -2.37.